The lowest BCUT2D eigenvalue weighted by Crippen LogP contribution is -2.30. The highest BCUT2D eigenvalue weighted by atomic mass is 16.6. The summed E-state index contributed by atoms with van der Waals surface area (Å²) in [5.41, 5.74) is 1.23. The standard InChI is InChI=1S/C18H16N2O4/c1-11-10-16(24-20-11)18(22)23-12(2)17(21)19-15-9-5-7-13-6-3-4-8-14(13)15/h3-10,12H,1-2H3,(H,19,21)/t12-/m0/s1. The Morgan fingerprint density at radius 1 is 1.17 bits per heavy atom. The molecule has 0 aliphatic heterocycles. The lowest BCUT2D eigenvalue weighted by Gasteiger charge is -2.14. The van der Waals surface area contributed by atoms with Crippen LogP contribution in [-0.2, 0) is 9.53 Å². The Bertz CT molecular complexity index is 895. The Kier molecular flexibility index (Phi) is 4.29. The molecular formula is C18H16N2O4. The minimum Gasteiger partial charge on any atom is -0.447 e. The third-order valence-electron chi connectivity index (χ3n) is 3.53. The zero-order valence-corrected chi connectivity index (χ0v) is 13.3. The first-order valence-electron chi connectivity index (χ1n) is 7.47. The summed E-state index contributed by atoms with van der Waals surface area (Å²) in [7, 11) is 0. The summed E-state index contributed by atoms with van der Waals surface area (Å²) in [5, 5.41) is 8.33. The molecule has 0 saturated carbocycles. The highest BCUT2D eigenvalue weighted by Crippen LogP contribution is 2.23. The van der Waals surface area contributed by atoms with Crippen LogP contribution in [0.4, 0.5) is 5.69 Å². The van der Waals surface area contributed by atoms with Gasteiger partial charge in [-0.15, -0.1) is 0 Å². The minimum atomic E-state index is -0.970. The van der Waals surface area contributed by atoms with Crippen LogP contribution in [0.1, 0.15) is 23.2 Å². The number of aryl methyl sites for hydroxylation is 1. The molecule has 0 aliphatic carbocycles. The summed E-state index contributed by atoms with van der Waals surface area (Å²) < 4.78 is 9.94. The van der Waals surface area contributed by atoms with Gasteiger partial charge >= 0.3 is 5.97 Å². The molecule has 0 bridgehead atoms. The quantitative estimate of drug-likeness (QED) is 0.745. The van der Waals surface area contributed by atoms with Gasteiger partial charge in [0.25, 0.3) is 5.91 Å². The Balaban J connectivity index is 1.71. The van der Waals surface area contributed by atoms with Crippen molar-refractivity contribution in [3.63, 3.8) is 0 Å². The number of esters is 1. The molecule has 6 heteroatoms. The number of amides is 1. The maximum absolute atomic E-state index is 12.3. The van der Waals surface area contributed by atoms with Gasteiger partial charge in [-0.05, 0) is 25.3 Å². The Hall–Kier alpha value is -3.15. The molecule has 2 aromatic carbocycles. The first kappa shape index (κ1) is 15.7. The van der Waals surface area contributed by atoms with Crippen LogP contribution >= 0.6 is 0 Å². The summed E-state index contributed by atoms with van der Waals surface area (Å²) in [5.74, 6) is -1.18. The molecule has 0 spiro atoms. The molecule has 3 aromatic rings. The van der Waals surface area contributed by atoms with Crippen molar-refractivity contribution in [2.75, 3.05) is 5.32 Å². The monoisotopic (exact) mass is 324 g/mol. The van der Waals surface area contributed by atoms with Gasteiger partial charge in [0, 0.05) is 17.1 Å². The van der Waals surface area contributed by atoms with Gasteiger partial charge in [0.2, 0.25) is 5.76 Å². The molecule has 1 atom stereocenters. The number of nitrogens with one attached hydrogen (secondary N) is 1. The first-order chi connectivity index (χ1) is 11.5. The van der Waals surface area contributed by atoms with Crippen molar-refractivity contribution in [2.45, 2.75) is 20.0 Å². The number of aromatic nitrogens is 1. The molecule has 1 heterocycles. The average Bonchev–Trinajstić information content (AvgIpc) is 3.01. The summed E-state index contributed by atoms with van der Waals surface area (Å²) in [6.07, 6.45) is -0.970. The van der Waals surface area contributed by atoms with E-state index in [2.05, 4.69) is 10.5 Å². The van der Waals surface area contributed by atoms with E-state index < -0.39 is 18.0 Å². The topological polar surface area (TPSA) is 81.4 Å². The van der Waals surface area contributed by atoms with Crippen LogP contribution in [0.15, 0.2) is 53.1 Å². The van der Waals surface area contributed by atoms with E-state index in [1.54, 1.807) is 13.0 Å². The number of carbonyl (C=O) groups excluding carboxylic acids is 2. The molecule has 6 nitrogen and oxygen atoms in total. The minimum absolute atomic E-state index is 0.0303. The van der Waals surface area contributed by atoms with E-state index in [9.17, 15) is 9.59 Å². The second-order valence-electron chi connectivity index (χ2n) is 5.40. The average molecular weight is 324 g/mol. The molecule has 0 unspecified atom stereocenters. The number of carbonyl (C=O) groups is 2. The van der Waals surface area contributed by atoms with Crippen molar-refractivity contribution >= 4 is 28.3 Å². The van der Waals surface area contributed by atoms with Crippen LogP contribution in [0.5, 0.6) is 0 Å². The molecule has 0 radical (unpaired) electrons. The Morgan fingerprint density at radius 3 is 2.67 bits per heavy atom. The maximum Gasteiger partial charge on any atom is 0.377 e. The van der Waals surface area contributed by atoms with Gasteiger partial charge < -0.3 is 14.6 Å². The number of ether oxygens (including phenoxy) is 1. The lowest BCUT2D eigenvalue weighted by atomic mass is 10.1. The molecule has 0 saturated heterocycles. The fourth-order valence-corrected chi connectivity index (χ4v) is 2.30. The van der Waals surface area contributed by atoms with Crippen molar-refractivity contribution in [3.8, 4) is 0 Å². The van der Waals surface area contributed by atoms with Crippen LogP contribution in [0.2, 0.25) is 0 Å². The van der Waals surface area contributed by atoms with Crippen molar-refractivity contribution in [2.24, 2.45) is 0 Å². The number of benzene rings is 2. The SMILES string of the molecule is Cc1cc(C(=O)O[C@@H](C)C(=O)Nc2cccc3ccccc23)on1. The van der Waals surface area contributed by atoms with Crippen LogP contribution in [0.25, 0.3) is 10.8 Å². The van der Waals surface area contributed by atoms with Gasteiger partial charge in [0.15, 0.2) is 6.10 Å². The Morgan fingerprint density at radius 2 is 1.92 bits per heavy atom. The zero-order valence-electron chi connectivity index (χ0n) is 13.3. The lowest BCUT2D eigenvalue weighted by molar-refractivity contribution is -0.123. The van der Waals surface area contributed by atoms with E-state index >= 15 is 0 Å². The number of nitrogens with zero attached hydrogens (tertiary/aromatic N) is 1. The fourth-order valence-electron chi connectivity index (χ4n) is 2.30. The highest BCUT2D eigenvalue weighted by molar-refractivity contribution is 6.04. The summed E-state index contributed by atoms with van der Waals surface area (Å²) >= 11 is 0. The van der Waals surface area contributed by atoms with Gasteiger partial charge in [-0.3, -0.25) is 4.79 Å². The predicted octanol–water partition coefficient (Wildman–Crippen LogP) is 3.32. The zero-order chi connectivity index (χ0) is 17.1. The van der Waals surface area contributed by atoms with E-state index in [1.165, 1.54) is 13.0 Å². The predicted molar refractivity (Wildman–Crippen MR) is 88.7 cm³/mol. The van der Waals surface area contributed by atoms with Crippen LogP contribution in [0.3, 0.4) is 0 Å². The second-order valence-corrected chi connectivity index (χ2v) is 5.40. The van der Waals surface area contributed by atoms with E-state index in [0.717, 1.165) is 10.8 Å². The van der Waals surface area contributed by atoms with Gasteiger partial charge in [0.1, 0.15) is 0 Å². The summed E-state index contributed by atoms with van der Waals surface area (Å²) in [4.78, 5) is 24.2. The largest absolute Gasteiger partial charge is 0.447 e. The molecule has 3 rings (SSSR count). The van der Waals surface area contributed by atoms with Crippen molar-refractivity contribution in [1.29, 1.82) is 0 Å². The van der Waals surface area contributed by atoms with Gasteiger partial charge in [-0.2, -0.15) is 0 Å². The molecule has 24 heavy (non-hydrogen) atoms. The normalized spacial score (nSPS) is 11.9. The fraction of sp³-hybridized carbons (Fsp3) is 0.167. The van der Waals surface area contributed by atoms with Crippen LogP contribution < -0.4 is 5.32 Å². The van der Waals surface area contributed by atoms with Crippen LogP contribution in [0, 0.1) is 6.92 Å². The number of hydrogen-bond donors (Lipinski definition) is 1. The van der Waals surface area contributed by atoms with E-state index in [4.69, 9.17) is 9.26 Å². The van der Waals surface area contributed by atoms with Crippen LogP contribution in [-0.4, -0.2) is 23.1 Å². The van der Waals surface area contributed by atoms with E-state index in [1.807, 2.05) is 36.4 Å². The Labute approximate surface area is 138 Å². The van der Waals surface area contributed by atoms with Crippen molar-refractivity contribution in [1.82, 2.24) is 5.16 Å². The van der Waals surface area contributed by atoms with E-state index in [0.29, 0.717) is 11.4 Å². The molecular weight excluding hydrogens is 308 g/mol. The maximum atomic E-state index is 12.3. The van der Waals surface area contributed by atoms with E-state index in [-0.39, 0.29) is 5.76 Å². The van der Waals surface area contributed by atoms with Crippen molar-refractivity contribution < 1.29 is 18.8 Å². The van der Waals surface area contributed by atoms with Gasteiger partial charge in [-0.25, -0.2) is 4.79 Å². The molecule has 1 aromatic heterocycles. The summed E-state index contributed by atoms with van der Waals surface area (Å²) in [6.45, 7) is 3.19. The summed E-state index contributed by atoms with van der Waals surface area (Å²) in [6, 6.07) is 14.8. The van der Waals surface area contributed by atoms with Crippen molar-refractivity contribution in [3.05, 3.63) is 60.0 Å². The molecule has 1 N–H and O–H groups in total. The first-order valence-corrected chi connectivity index (χ1v) is 7.47. The third-order valence-corrected chi connectivity index (χ3v) is 3.53. The van der Waals surface area contributed by atoms with Gasteiger partial charge in [0.05, 0.1) is 5.69 Å². The third kappa shape index (κ3) is 3.27. The number of anilines is 1. The number of rotatable bonds is 4. The molecule has 0 fully saturated rings. The second kappa shape index (κ2) is 6.54. The smallest absolute Gasteiger partial charge is 0.377 e. The molecule has 122 valence electrons. The highest BCUT2D eigenvalue weighted by Gasteiger charge is 2.22. The number of hydrogen-bond acceptors (Lipinski definition) is 5. The van der Waals surface area contributed by atoms with Gasteiger partial charge in [-0.1, -0.05) is 41.6 Å². The number of fused-ring (bicyclic) bond motifs is 1. The molecule has 1 amide bonds. The molecule has 0 aliphatic rings.